The van der Waals surface area contributed by atoms with Gasteiger partial charge >= 0.3 is 0 Å². The first-order valence-corrected chi connectivity index (χ1v) is 10.1. The molecule has 2 aromatic rings. The predicted molar refractivity (Wildman–Crippen MR) is 118 cm³/mol. The number of nitrogens with one attached hydrogen (secondary N) is 3. The second-order valence-electron chi connectivity index (χ2n) is 7.34. The van der Waals surface area contributed by atoms with Crippen molar-refractivity contribution in [3.8, 4) is 5.75 Å². The lowest BCUT2D eigenvalue weighted by Crippen LogP contribution is -2.21. The van der Waals surface area contributed by atoms with Crippen molar-refractivity contribution in [1.82, 2.24) is 0 Å². The van der Waals surface area contributed by atoms with Gasteiger partial charge in [0.2, 0.25) is 11.8 Å². The van der Waals surface area contributed by atoms with Gasteiger partial charge in [-0.05, 0) is 61.2 Å². The molecule has 0 unspecified atom stereocenters. The Balaban J connectivity index is 1.78. The lowest BCUT2D eigenvalue weighted by atomic mass is 10.1. The van der Waals surface area contributed by atoms with Crippen molar-refractivity contribution < 1.29 is 14.3 Å². The lowest BCUT2D eigenvalue weighted by Gasteiger charge is -2.11. The molecule has 0 fully saturated rings. The van der Waals surface area contributed by atoms with E-state index >= 15 is 0 Å². The van der Waals surface area contributed by atoms with Crippen molar-refractivity contribution >= 4 is 28.9 Å². The third kappa shape index (κ3) is 8.68. The first-order valence-electron chi connectivity index (χ1n) is 10.1. The zero-order valence-electron chi connectivity index (χ0n) is 17.5. The second kappa shape index (κ2) is 11.7. The van der Waals surface area contributed by atoms with Crippen LogP contribution in [0.25, 0.3) is 0 Å². The van der Waals surface area contributed by atoms with Gasteiger partial charge < -0.3 is 20.7 Å². The van der Waals surface area contributed by atoms with E-state index in [2.05, 4.69) is 29.8 Å². The predicted octanol–water partition coefficient (Wildman–Crippen LogP) is 4.90. The molecule has 29 heavy (non-hydrogen) atoms. The van der Waals surface area contributed by atoms with E-state index in [0.717, 1.165) is 24.3 Å². The standard InChI is InChI=1S/C23H31N3O3/c1-4-6-22(27)25-19-7-5-8-20(15-19)26-23(28)16-24-18-9-11-21(12-10-18)29-14-13-17(2)3/h5,7-12,15,17,24H,4,6,13-14,16H2,1-3H3,(H,25,27)(H,26,28). The summed E-state index contributed by atoms with van der Waals surface area (Å²) < 4.78 is 5.69. The average molecular weight is 398 g/mol. The summed E-state index contributed by atoms with van der Waals surface area (Å²) in [5.41, 5.74) is 2.15. The second-order valence-corrected chi connectivity index (χ2v) is 7.34. The number of hydrogen-bond donors (Lipinski definition) is 3. The zero-order valence-corrected chi connectivity index (χ0v) is 17.5. The third-order valence-electron chi connectivity index (χ3n) is 4.18. The monoisotopic (exact) mass is 397 g/mol. The molecule has 0 bridgehead atoms. The molecule has 2 amide bonds. The molecule has 0 aromatic heterocycles. The molecule has 0 radical (unpaired) electrons. The molecule has 2 rings (SSSR count). The normalized spacial score (nSPS) is 10.5. The summed E-state index contributed by atoms with van der Waals surface area (Å²) in [5, 5.41) is 8.75. The summed E-state index contributed by atoms with van der Waals surface area (Å²) in [6, 6.07) is 14.7. The fraction of sp³-hybridized carbons (Fsp3) is 0.391. The van der Waals surface area contributed by atoms with Crippen LogP contribution in [0.15, 0.2) is 48.5 Å². The van der Waals surface area contributed by atoms with Gasteiger partial charge in [-0.1, -0.05) is 26.8 Å². The van der Waals surface area contributed by atoms with Gasteiger partial charge in [-0.25, -0.2) is 0 Å². The minimum absolute atomic E-state index is 0.0331. The number of carbonyl (C=O) groups is 2. The van der Waals surface area contributed by atoms with Gasteiger partial charge in [-0.3, -0.25) is 9.59 Å². The van der Waals surface area contributed by atoms with E-state index in [1.54, 1.807) is 24.3 Å². The van der Waals surface area contributed by atoms with Gasteiger partial charge in [-0.2, -0.15) is 0 Å². The van der Waals surface area contributed by atoms with Crippen LogP contribution in [0.2, 0.25) is 0 Å². The smallest absolute Gasteiger partial charge is 0.243 e. The minimum atomic E-state index is -0.167. The van der Waals surface area contributed by atoms with Crippen LogP contribution in [-0.2, 0) is 9.59 Å². The van der Waals surface area contributed by atoms with Crippen molar-refractivity contribution in [2.75, 3.05) is 29.1 Å². The van der Waals surface area contributed by atoms with E-state index in [0.29, 0.717) is 30.3 Å². The highest BCUT2D eigenvalue weighted by Crippen LogP contribution is 2.17. The summed E-state index contributed by atoms with van der Waals surface area (Å²) in [5.74, 6) is 1.24. The summed E-state index contributed by atoms with van der Waals surface area (Å²) >= 11 is 0. The largest absolute Gasteiger partial charge is 0.494 e. The van der Waals surface area contributed by atoms with E-state index in [9.17, 15) is 9.59 Å². The van der Waals surface area contributed by atoms with Crippen LogP contribution in [-0.4, -0.2) is 25.0 Å². The van der Waals surface area contributed by atoms with E-state index in [1.165, 1.54) is 0 Å². The number of carbonyl (C=O) groups excluding carboxylic acids is 2. The minimum Gasteiger partial charge on any atom is -0.494 e. The molecule has 2 aromatic carbocycles. The van der Waals surface area contributed by atoms with Crippen molar-refractivity contribution in [2.45, 2.75) is 40.0 Å². The topological polar surface area (TPSA) is 79.5 Å². The van der Waals surface area contributed by atoms with E-state index in [4.69, 9.17) is 4.74 Å². The summed E-state index contributed by atoms with van der Waals surface area (Å²) in [7, 11) is 0. The van der Waals surface area contributed by atoms with Gasteiger partial charge in [0.15, 0.2) is 0 Å². The summed E-state index contributed by atoms with van der Waals surface area (Å²) in [4.78, 5) is 23.9. The molecule has 6 nitrogen and oxygen atoms in total. The maximum Gasteiger partial charge on any atom is 0.243 e. The molecular formula is C23H31N3O3. The first-order chi connectivity index (χ1) is 14.0. The SMILES string of the molecule is CCCC(=O)Nc1cccc(NC(=O)CNc2ccc(OCCC(C)C)cc2)c1. The van der Waals surface area contributed by atoms with Crippen LogP contribution in [0.1, 0.15) is 40.0 Å². The van der Waals surface area contributed by atoms with Crippen molar-refractivity contribution in [3.63, 3.8) is 0 Å². The van der Waals surface area contributed by atoms with Crippen LogP contribution in [0.3, 0.4) is 0 Å². The molecule has 0 heterocycles. The number of benzene rings is 2. The maximum absolute atomic E-state index is 12.2. The van der Waals surface area contributed by atoms with Gasteiger partial charge in [0, 0.05) is 23.5 Å². The quantitative estimate of drug-likeness (QED) is 0.504. The van der Waals surface area contributed by atoms with Crippen LogP contribution < -0.4 is 20.7 Å². The Bertz CT molecular complexity index is 788. The van der Waals surface area contributed by atoms with Gasteiger partial charge in [0.05, 0.1) is 13.2 Å². The Morgan fingerprint density at radius 2 is 1.59 bits per heavy atom. The molecule has 0 saturated carbocycles. The van der Waals surface area contributed by atoms with Crippen molar-refractivity contribution in [2.24, 2.45) is 5.92 Å². The Labute approximate surface area is 173 Å². The van der Waals surface area contributed by atoms with Crippen LogP contribution in [0, 0.1) is 5.92 Å². The van der Waals surface area contributed by atoms with E-state index in [-0.39, 0.29) is 18.4 Å². The highest BCUT2D eigenvalue weighted by Gasteiger charge is 2.05. The van der Waals surface area contributed by atoms with Gasteiger partial charge in [0.1, 0.15) is 5.75 Å². The molecule has 156 valence electrons. The molecule has 3 N–H and O–H groups in total. The highest BCUT2D eigenvalue weighted by molar-refractivity contribution is 5.95. The Hall–Kier alpha value is -3.02. The van der Waals surface area contributed by atoms with Crippen LogP contribution in [0.4, 0.5) is 17.1 Å². The van der Waals surface area contributed by atoms with E-state index in [1.807, 2.05) is 31.2 Å². The molecule has 0 aliphatic rings. The summed E-state index contributed by atoms with van der Waals surface area (Å²) in [6.07, 6.45) is 2.28. The highest BCUT2D eigenvalue weighted by atomic mass is 16.5. The van der Waals surface area contributed by atoms with Crippen molar-refractivity contribution in [1.29, 1.82) is 0 Å². The zero-order chi connectivity index (χ0) is 21.1. The molecule has 0 spiro atoms. The molecular weight excluding hydrogens is 366 g/mol. The third-order valence-corrected chi connectivity index (χ3v) is 4.18. The number of ether oxygens (including phenoxy) is 1. The molecule has 0 aliphatic carbocycles. The van der Waals surface area contributed by atoms with Gasteiger partial charge in [-0.15, -0.1) is 0 Å². The molecule has 6 heteroatoms. The number of amides is 2. The molecule has 0 aliphatic heterocycles. The fourth-order valence-electron chi connectivity index (χ4n) is 2.59. The Kier molecular flexibility index (Phi) is 9.02. The fourth-order valence-corrected chi connectivity index (χ4v) is 2.59. The van der Waals surface area contributed by atoms with Gasteiger partial charge in [0.25, 0.3) is 0 Å². The van der Waals surface area contributed by atoms with E-state index < -0.39 is 0 Å². The Morgan fingerprint density at radius 1 is 0.931 bits per heavy atom. The number of rotatable bonds is 11. The van der Waals surface area contributed by atoms with Crippen LogP contribution in [0.5, 0.6) is 5.75 Å². The van der Waals surface area contributed by atoms with Crippen molar-refractivity contribution in [3.05, 3.63) is 48.5 Å². The van der Waals surface area contributed by atoms with Crippen LogP contribution >= 0.6 is 0 Å². The number of anilines is 3. The molecule has 0 atom stereocenters. The first kappa shape index (κ1) is 22.3. The number of hydrogen-bond acceptors (Lipinski definition) is 4. The average Bonchev–Trinajstić information content (AvgIpc) is 2.67. The maximum atomic E-state index is 12.2. The summed E-state index contributed by atoms with van der Waals surface area (Å²) in [6.45, 7) is 7.13. The Morgan fingerprint density at radius 3 is 2.21 bits per heavy atom. The molecule has 0 saturated heterocycles. The lowest BCUT2D eigenvalue weighted by molar-refractivity contribution is -0.116.